The van der Waals surface area contributed by atoms with Crippen LogP contribution in [0.2, 0.25) is 5.02 Å². The van der Waals surface area contributed by atoms with Crippen molar-refractivity contribution in [1.82, 2.24) is 8.87 Å². The zero-order valence-corrected chi connectivity index (χ0v) is 17.9. The number of nitrogens with zero attached hydrogens (tertiary/aromatic N) is 3. The Balaban J connectivity index is 1.57. The molecule has 4 rings (SSSR count). The quantitative estimate of drug-likeness (QED) is 0.631. The minimum Gasteiger partial charge on any atom is -0.369 e. The zero-order valence-electron chi connectivity index (χ0n) is 15.6. The van der Waals surface area contributed by atoms with Gasteiger partial charge in [-0.15, -0.1) is 0 Å². The first-order valence-electron chi connectivity index (χ1n) is 8.88. The maximum atomic E-state index is 13.1. The molecule has 9 heteroatoms. The summed E-state index contributed by atoms with van der Waals surface area (Å²) in [4.78, 5) is 14.1. The van der Waals surface area contributed by atoms with Crippen LogP contribution in [0.15, 0.2) is 46.1 Å². The number of aryl methyl sites for hydroxylation is 2. The minimum absolute atomic E-state index is 0.102. The Labute approximate surface area is 172 Å². The van der Waals surface area contributed by atoms with E-state index in [-0.39, 0.29) is 9.77 Å². The van der Waals surface area contributed by atoms with Gasteiger partial charge >= 0.3 is 4.87 Å². The Morgan fingerprint density at radius 3 is 2.46 bits per heavy atom. The lowest BCUT2D eigenvalue weighted by Gasteiger charge is -2.36. The van der Waals surface area contributed by atoms with Crippen LogP contribution in [0.5, 0.6) is 0 Å². The van der Waals surface area contributed by atoms with E-state index in [0.29, 0.717) is 35.9 Å². The van der Waals surface area contributed by atoms with Crippen molar-refractivity contribution in [2.24, 2.45) is 7.05 Å². The highest BCUT2D eigenvalue weighted by Crippen LogP contribution is 2.28. The lowest BCUT2D eigenvalue weighted by Crippen LogP contribution is -2.48. The van der Waals surface area contributed by atoms with E-state index >= 15 is 0 Å². The average Bonchev–Trinajstić information content (AvgIpc) is 2.97. The summed E-state index contributed by atoms with van der Waals surface area (Å²) in [7, 11) is -1.92. The SMILES string of the molecule is Cc1ccc(Cl)cc1N1CCN(S(=O)(=O)c2ccc3c(c2)sc(=O)n3C)CC1. The van der Waals surface area contributed by atoms with Gasteiger partial charge in [0, 0.05) is 43.9 Å². The highest BCUT2D eigenvalue weighted by Gasteiger charge is 2.29. The summed E-state index contributed by atoms with van der Waals surface area (Å²) in [5.41, 5.74) is 2.90. The van der Waals surface area contributed by atoms with E-state index in [1.807, 2.05) is 25.1 Å². The number of fused-ring (bicyclic) bond motifs is 1. The smallest absolute Gasteiger partial charge is 0.307 e. The van der Waals surface area contributed by atoms with Crippen molar-refractivity contribution in [1.29, 1.82) is 0 Å². The molecule has 0 bridgehead atoms. The molecule has 0 unspecified atom stereocenters. The predicted octanol–water partition coefficient (Wildman–Crippen LogP) is 3.07. The third-order valence-corrected chi connectivity index (χ3v) is 8.28. The van der Waals surface area contributed by atoms with Gasteiger partial charge in [0.1, 0.15) is 0 Å². The molecule has 2 heterocycles. The number of hydrogen-bond donors (Lipinski definition) is 0. The topological polar surface area (TPSA) is 62.6 Å². The Kier molecular flexibility index (Phi) is 4.99. The van der Waals surface area contributed by atoms with Crippen molar-refractivity contribution in [3.63, 3.8) is 0 Å². The van der Waals surface area contributed by atoms with E-state index in [2.05, 4.69) is 4.90 Å². The minimum atomic E-state index is -3.61. The summed E-state index contributed by atoms with van der Waals surface area (Å²) in [5.74, 6) is 0. The van der Waals surface area contributed by atoms with E-state index in [1.54, 1.807) is 25.2 Å². The zero-order chi connectivity index (χ0) is 20.1. The lowest BCUT2D eigenvalue weighted by molar-refractivity contribution is 0.385. The van der Waals surface area contributed by atoms with Gasteiger partial charge in [-0.1, -0.05) is 29.0 Å². The average molecular weight is 438 g/mol. The fraction of sp³-hybridized carbons (Fsp3) is 0.316. The van der Waals surface area contributed by atoms with Crippen LogP contribution in [-0.2, 0) is 17.1 Å². The molecule has 1 fully saturated rings. The monoisotopic (exact) mass is 437 g/mol. The third-order valence-electron chi connectivity index (χ3n) is 5.15. The molecule has 2 aromatic carbocycles. The summed E-state index contributed by atoms with van der Waals surface area (Å²) in [6.07, 6.45) is 0. The first-order valence-corrected chi connectivity index (χ1v) is 11.5. The summed E-state index contributed by atoms with van der Waals surface area (Å²) in [6, 6.07) is 10.6. The second-order valence-electron chi connectivity index (χ2n) is 6.88. The maximum absolute atomic E-state index is 13.1. The van der Waals surface area contributed by atoms with E-state index in [9.17, 15) is 13.2 Å². The van der Waals surface area contributed by atoms with E-state index in [4.69, 9.17) is 11.6 Å². The van der Waals surface area contributed by atoms with Crippen molar-refractivity contribution in [2.45, 2.75) is 11.8 Å². The van der Waals surface area contributed by atoms with Crippen molar-refractivity contribution in [2.75, 3.05) is 31.1 Å². The van der Waals surface area contributed by atoms with Gasteiger partial charge in [-0.2, -0.15) is 4.31 Å². The standard InChI is InChI=1S/C19H20ClN3O3S2/c1-13-3-4-14(20)11-17(13)22-7-9-23(10-8-22)28(25,26)15-5-6-16-18(12-15)27-19(24)21(16)2/h3-6,11-12H,7-10H2,1-2H3. The number of rotatable bonds is 3. The molecule has 0 atom stereocenters. The normalized spacial score (nSPS) is 16.0. The molecule has 148 valence electrons. The predicted molar refractivity (Wildman–Crippen MR) is 114 cm³/mol. The van der Waals surface area contributed by atoms with Crippen LogP contribution < -0.4 is 9.77 Å². The van der Waals surface area contributed by atoms with E-state index in [0.717, 1.165) is 28.1 Å². The number of sulfonamides is 1. The van der Waals surface area contributed by atoms with Crippen LogP contribution in [0.1, 0.15) is 5.56 Å². The first-order chi connectivity index (χ1) is 13.3. The number of piperazine rings is 1. The molecule has 28 heavy (non-hydrogen) atoms. The fourth-order valence-electron chi connectivity index (χ4n) is 3.52. The second-order valence-corrected chi connectivity index (χ2v) is 10.2. The number of hydrogen-bond acceptors (Lipinski definition) is 5. The molecule has 0 N–H and O–H groups in total. The van der Waals surface area contributed by atoms with Crippen molar-refractivity contribution >= 4 is 48.9 Å². The van der Waals surface area contributed by atoms with Crippen LogP contribution in [-0.4, -0.2) is 43.5 Å². The maximum Gasteiger partial charge on any atom is 0.307 e. The van der Waals surface area contributed by atoms with Gasteiger partial charge in [-0.25, -0.2) is 8.42 Å². The van der Waals surface area contributed by atoms with Gasteiger partial charge in [0.2, 0.25) is 10.0 Å². The van der Waals surface area contributed by atoms with E-state index < -0.39 is 10.0 Å². The molecule has 0 spiro atoms. The Morgan fingerprint density at radius 2 is 1.75 bits per heavy atom. The number of thiazole rings is 1. The van der Waals surface area contributed by atoms with Crippen LogP contribution in [0, 0.1) is 6.92 Å². The molecule has 0 saturated carbocycles. The van der Waals surface area contributed by atoms with Gasteiger partial charge in [0.05, 0.1) is 15.1 Å². The molecule has 6 nitrogen and oxygen atoms in total. The van der Waals surface area contributed by atoms with Gasteiger partial charge < -0.3 is 9.47 Å². The second kappa shape index (κ2) is 7.18. The lowest BCUT2D eigenvalue weighted by atomic mass is 10.1. The third kappa shape index (κ3) is 3.34. The highest BCUT2D eigenvalue weighted by molar-refractivity contribution is 7.89. The van der Waals surface area contributed by atoms with Crippen LogP contribution >= 0.6 is 22.9 Å². The number of benzene rings is 2. The molecular formula is C19H20ClN3O3S2. The van der Waals surface area contributed by atoms with Crippen molar-refractivity contribution in [3.8, 4) is 0 Å². The molecule has 0 aliphatic carbocycles. The highest BCUT2D eigenvalue weighted by atomic mass is 35.5. The summed E-state index contributed by atoms with van der Waals surface area (Å²) in [5, 5.41) is 0.672. The van der Waals surface area contributed by atoms with Crippen molar-refractivity contribution in [3.05, 3.63) is 56.7 Å². The summed E-state index contributed by atoms with van der Waals surface area (Å²) in [6.45, 7) is 4.02. The molecule has 0 radical (unpaired) electrons. The Hall–Kier alpha value is -1.87. The van der Waals surface area contributed by atoms with Gasteiger partial charge in [-0.3, -0.25) is 4.79 Å². The van der Waals surface area contributed by atoms with Gasteiger partial charge in [-0.05, 0) is 42.8 Å². The van der Waals surface area contributed by atoms with Crippen LogP contribution in [0.25, 0.3) is 10.2 Å². The largest absolute Gasteiger partial charge is 0.369 e. The van der Waals surface area contributed by atoms with Crippen LogP contribution in [0.4, 0.5) is 5.69 Å². The molecule has 1 aliphatic rings. The number of halogens is 1. The van der Waals surface area contributed by atoms with E-state index in [1.165, 1.54) is 8.87 Å². The molecular weight excluding hydrogens is 418 g/mol. The molecule has 3 aromatic rings. The molecule has 1 aromatic heterocycles. The van der Waals surface area contributed by atoms with Crippen LogP contribution in [0.3, 0.4) is 0 Å². The van der Waals surface area contributed by atoms with Gasteiger partial charge in [0.25, 0.3) is 0 Å². The molecule has 1 aliphatic heterocycles. The molecule has 1 saturated heterocycles. The summed E-state index contributed by atoms with van der Waals surface area (Å²) >= 11 is 7.18. The molecule has 0 amide bonds. The Bertz CT molecular complexity index is 1210. The summed E-state index contributed by atoms with van der Waals surface area (Å²) < 4.78 is 29.9. The Morgan fingerprint density at radius 1 is 1.04 bits per heavy atom. The number of aromatic nitrogens is 1. The number of anilines is 1. The van der Waals surface area contributed by atoms with Gasteiger partial charge in [0.15, 0.2) is 0 Å². The fourth-order valence-corrected chi connectivity index (χ4v) is 6.13. The first kappa shape index (κ1) is 19.4. The van der Waals surface area contributed by atoms with Crippen molar-refractivity contribution < 1.29 is 8.42 Å².